The fraction of sp³-hybridized carbons (Fsp3) is 1.00. The van der Waals surface area contributed by atoms with Crippen molar-refractivity contribution in [1.82, 2.24) is 0 Å². The predicted octanol–water partition coefficient (Wildman–Crippen LogP) is 2.11. The normalized spacial score (nSPS) is 16.9. The molecular weight excluding hydrogens is 192 g/mol. The maximum Gasteiger partial charge on any atom is 0.149 e. The fourth-order valence-electron chi connectivity index (χ4n) is 1.48. The van der Waals surface area contributed by atoms with E-state index in [1.165, 1.54) is 6.42 Å². The first-order valence-electron chi connectivity index (χ1n) is 5.54. The molecule has 3 heteroatoms. The summed E-state index contributed by atoms with van der Waals surface area (Å²) in [6.45, 7) is 11.7. The molecule has 0 aromatic rings. The van der Waals surface area contributed by atoms with Crippen LogP contribution in [0.4, 0.5) is 0 Å². The first-order valence-corrected chi connectivity index (χ1v) is 6.35. The molecule has 2 unspecified atom stereocenters. The minimum absolute atomic E-state index is 0.311. The van der Waals surface area contributed by atoms with E-state index in [0.29, 0.717) is 24.2 Å². The van der Waals surface area contributed by atoms with Gasteiger partial charge >= 0.3 is 0 Å². The highest BCUT2D eigenvalue weighted by atomic mass is 28.2. The van der Waals surface area contributed by atoms with Crippen LogP contribution in [-0.2, 0) is 9.16 Å². The van der Waals surface area contributed by atoms with Crippen molar-refractivity contribution < 1.29 is 9.16 Å². The van der Waals surface area contributed by atoms with Gasteiger partial charge in [0.2, 0.25) is 0 Å². The summed E-state index contributed by atoms with van der Waals surface area (Å²) in [6, 6.07) is 0. The van der Waals surface area contributed by atoms with Gasteiger partial charge in [-0.2, -0.15) is 0 Å². The highest BCUT2D eigenvalue weighted by Crippen LogP contribution is 2.31. The summed E-state index contributed by atoms with van der Waals surface area (Å²) in [5.74, 6) is 0.569. The lowest BCUT2D eigenvalue weighted by Gasteiger charge is -2.34. The molecule has 0 rings (SSSR count). The van der Waals surface area contributed by atoms with Crippen LogP contribution < -0.4 is 0 Å². The van der Waals surface area contributed by atoms with Crippen molar-refractivity contribution in [1.29, 1.82) is 0 Å². The number of rotatable bonds is 6. The monoisotopic (exact) mass is 218 g/mol. The molecule has 0 fully saturated rings. The van der Waals surface area contributed by atoms with E-state index >= 15 is 0 Å². The summed E-state index contributed by atoms with van der Waals surface area (Å²) in [5.41, 5.74) is 0.311. The average Bonchev–Trinajstić information content (AvgIpc) is 2.09. The van der Waals surface area contributed by atoms with Crippen LogP contribution >= 0.6 is 0 Å². The zero-order chi connectivity index (χ0) is 11.2. The Morgan fingerprint density at radius 3 is 2.21 bits per heavy atom. The number of hydrogen-bond donors (Lipinski definition) is 0. The molecule has 0 aliphatic heterocycles. The maximum absolute atomic E-state index is 5.73. The van der Waals surface area contributed by atoms with Gasteiger partial charge in [0.15, 0.2) is 0 Å². The zero-order valence-corrected chi connectivity index (χ0v) is 12.6. The predicted molar refractivity (Wildman–Crippen MR) is 64.3 cm³/mol. The van der Waals surface area contributed by atoms with Gasteiger partial charge in [0.1, 0.15) is 17.3 Å². The second kappa shape index (κ2) is 6.59. The topological polar surface area (TPSA) is 18.5 Å². The molecule has 2 atom stereocenters. The highest BCUT2D eigenvalue weighted by molar-refractivity contribution is 5.97. The maximum atomic E-state index is 5.73. The summed E-state index contributed by atoms with van der Waals surface area (Å²) in [6.07, 6.45) is 2.64. The van der Waals surface area contributed by atoms with Crippen LogP contribution in [0.15, 0.2) is 0 Å². The van der Waals surface area contributed by atoms with E-state index < -0.39 is 0 Å². The molecule has 0 amide bonds. The third kappa shape index (κ3) is 5.13. The van der Waals surface area contributed by atoms with Crippen molar-refractivity contribution >= 4 is 10.5 Å². The summed E-state index contributed by atoms with van der Waals surface area (Å²) in [7, 11) is 0.759. The molecule has 0 saturated carbocycles. The first-order chi connectivity index (χ1) is 6.43. The van der Waals surface area contributed by atoms with Gasteiger partial charge in [-0.15, -0.1) is 0 Å². The number of ether oxygens (including phenoxy) is 1. The molecule has 0 bridgehead atoms. The zero-order valence-electron chi connectivity index (χ0n) is 10.6. The van der Waals surface area contributed by atoms with Crippen molar-refractivity contribution in [2.75, 3.05) is 6.79 Å². The SMILES string of the molecule is CCCC(OCO[SiH3])C(C)C(C)(C)C. The van der Waals surface area contributed by atoms with Gasteiger partial charge in [-0.25, -0.2) is 0 Å². The molecule has 0 radical (unpaired) electrons. The molecular formula is C11H26O2Si. The smallest absolute Gasteiger partial charge is 0.149 e. The van der Waals surface area contributed by atoms with Crippen molar-refractivity contribution in [2.24, 2.45) is 11.3 Å². The molecule has 86 valence electrons. The summed E-state index contributed by atoms with van der Waals surface area (Å²) >= 11 is 0. The van der Waals surface area contributed by atoms with Crippen LogP contribution in [0.3, 0.4) is 0 Å². The van der Waals surface area contributed by atoms with E-state index in [2.05, 4.69) is 34.6 Å². The minimum atomic E-state index is 0.311. The quantitative estimate of drug-likeness (QED) is 0.502. The Balaban J connectivity index is 4.17. The van der Waals surface area contributed by atoms with Gasteiger partial charge in [-0.1, -0.05) is 41.0 Å². The molecule has 0 aliphatic rings. The van der Waals surface area contributed by atoms with E-state index in [9.17, 15) is 0 Å². The number of hydrogen-bond acceptors (Lipinski definition) is 2. The van der Waals surface area contributed by atoms with Crippen LogP contribution in [0, 0.1) is 11.3 Å². The molecule has 14 heavy (non-hydrogen) atoms. The Kier molecular flexibility index (Phi) is 6.65. The van der Waals surface area contributed by atoms with Gasteiger partial charge in [0.05, 0.1) is 6.10 Å². The third-order valence-electron chi connectivity index (χ3n) is 2.90. The summed E-state index contributed by atoms with van der Waals surface area (Å²) in [4.78, 5) is 0. The molecule has 0 saturated heterocycles. The second-order valence-corrected chi connectivity index (χ2v) is 5.63. The molecule has 0 heterocycles. The lowest BCUT2D eigenvalue weighted by atomic mass is 9.77. The van der Waals surface area contributed by atoms with E-state index in [1.807, 2.05) is 0 Å². The lowest BCUT2D eigenvalue weighted by Crippen LogP contribution is -2.32. The van der Waals surface area contributed by atoms with Crippen molar-refractivity contribution in [3.8, 4) is 0 Å². The van der Waals surface area contributed by atoms with E-state index in [0.717, 1.165) is 16.9 Å². The Morgan fingerprint density at radius 1 is 1.29 bits per heavy atom. The van der Waals surface area contributed by atoms with Crippen LogP contribution in [0.1, 0.15) is 47.5 Å². The molecule has 0 aromatic carbocycles. The van der Waals surface area contributed by atoms with E-state index in [1.54, 1.807) is 0 Å². The Morgan fingerprint density at radius 2 is 1.86 bits per heavy atom. The summed E-state index contributed by atoms with van der Waals surface area (Å²) in [5, 5.41) is 0. The van der Waals surface area contributed by atoms with Crippen LogP contribution in [-0.4, -0.2) is 23.4 Å². The summed E-state index contributed by atoms with van der Waals surface area (Å²) < 4.78 is 10.8. The standard InChI is InChI=1S/C11H26O2Si/c1-6-7-10(12-8-13-14)9(2)11(3,4)5/h9-10H,6-8H2,1-5,14H3. The molecule has 0 N–H and O–H groups in total. The second-order valence-electron chi connectivity index (χ2n) is 5.06. The van der Waals surface area contributed by atoms with Crippen molar-refractivity contribution in [3.05, 3.63) is 0 Å². The largest absolute Gasteiger partial charge is 0.406 e. The molecule has 0 spiro atoms. The van der Waals surface area contributed by atoms with Crippen molar-refractivity contribution in [2.45, 2.75) is 53.6 Å². The van der Waals surface area contributed by atoms with Crippen LogP contribution in [0.5, 0.6) is 0 Å². The van der Waals surface area contributed by atoms with Crippen molar-refractivity contribution in [3.63, 3.8) is 0 Å². The van der Waals surface area contributed by atoms with Crippen LogP contribution in [0.2, 0.25) is 0 Å². The minimum Gasteiger partial charge on any atom is -0.406 e. The average molecular weight is 218 g/mol. The molecule has 0 aliphatic carbocycles. The highest BCUT2D eigenvalue weighted by Gasteiger charge is 2.28. The Hall–Kier alpha value is 0.137. The lowest BCUT2D eigenvalue weighted by molar-refractivity contribution is -0.0788. The van der Waals surface area contributed by atoms with Gasteiger partial charge in [-0.05, 0) is 17.8 Å². The van der Waals surface area contributed by atoms with Gasteiger partial charge < -0.3 is 9.16 Å². The van der Waals surface area contributed by atoms with E-state index in [-0.39, 0.29) is 0 Å². The molecule has 0 aromatic heterocycles. The van der Waals surface area contributed by atoms with Gasteiger partial charge in [0.25, 0.3) is 0 Å². The third-order valence-corrected chi connectivity index (χ3v) is 3.13. The fourth-order valence-corrected chi connectivity index (χ4v) is 1.61. The Bertz CT molecular complexity index is 143. The molecule has 2 nitrogen and oxygen atoms in total. The van der Waals surface area contributed by atoms with Gasteiger partial charge in [0, 0.05) is 0 Å². The van der Waals surface area contributed by atoms with E-state index in [4.69, 9.17) is 9.16 Å². The van der Waals surface area contributed by atoms with Crippen LogP contribution in [0.25, 0.3) is 0 Å². The first kappa shape index (κ1) is 14.1. The Labute approximate surface area is 91.9 Å². The van der Waals surface area contributed by atoms with Gasteiger partial charge in [-0.3, -0.25) is 0 Å².